The van der Waals surface area contributed by atoms with E-state index < -0.39 is 0 Å². The Kier molecular flexibility index (Phi) is 5.21. The van der Waals surface area contributed by atoms with Gasteiger partial charge in [-0.15, -0.1) is 0 Å². The Morgan fingerprint density at radius 1 is 1.16 bits per heavy atom. The van der Waals surface area contributed by atoms with Gasteiger partial charge in [0.1, 0.15) is 12.4 Å². The molecular formula is C19H17N3O3. The van der Waals surface area contributed by atoms with Gasteiger partial charge in [-0.25, -0.2) is 0 Å². The molecule has 126 valence electrons. The number of carbonyl (C=O) groups excluding carboxylic acids is 1. The van der Waals surface area contributed by atoms with Crippen molar-refractivity contribution in [2.24, 2.45) is 0 Å². The highest BCUT2D eigenvalue weighted by atomic mass is 16.5. The highest BCUT2D eigenvalue weighted by Gasteiger charge is 2.11. The summed E-state index contributed by atoms with van der Waals surface area (Å²) >= 11 is 0. The Bertz CT molecular complexity index is 842. The third-order valence-electron chi connectivity index (χ3n) is 3.38. The summed E-state index contributed by atoms with van der Waals surface area (Å²) in [6.07, 6.45) is 1.66. The Morgan fingerprint density at radius 2 is 1.92 bits per heavy atom. The summed E-state index contributed by atoms with van der Waals surface area (Å²) in [5, 5.41) is 6.67. The first-order valence-corrected chi connectivity index (χ1v) is 7.76. The normalized spacial score (nSPS) is 10.2. The van der Waals surface area contributed by atoms with Gasteiger partial charge >= 0.3 is 0 Å². The zero-order valence-corrected chi connectivity index (χ0v) is 13.5. The molecule has 0 spiro atoms. The van der Waals surface area contributed by atoms with Gasteiger partial charge in [-0.05, 0) is 24.3 Å². The SMILES string of the molecule is C=CCOc1ccc(C(=O)NCc2nc(-c3ccccc3)no2)cc1. The van der Waals surface area contributed by atoms with E-state index in [2.05, 4.69) is 22.0 Å². The smallest absolute Gasteiger partial charge is 0.251 e. The van der Waals surface area contributed by atoms with Gasteiger partial charge in [0, 0.05) is 11.1 Å². The number of nitrogens with one attached hydrogen (secondary N) is 1. The predicted octanol–water partition coefficient (Wildman–Crippen LogP) is 3.23. The second-order valence-electron chi connectivity index (χ2n) is 5.18. The third kappa shape index (κ3) is 4.32. The van der Waals surface area contributed by atoms with E-state index in [1.54, 1.807) is 30.3 Å². The van der Waals surface area contributed by atoms with Crippen molar-refractivity contribution in [3.05, 3.63) is 78.7 Å². The molecule has 1 amide bonds. The van der Waals surface area contributed by atoms with Gasteiger partial charge in [0.25, 0.3) is 5.91 Å². The molecule has 0 bridgehead atoms. The molecule has 0 saturated carbocycles. The van der Waals surface area contributed by atoms with E-state index in [4.69, 9.17) is 9.26 Å². The quantitative estimate of drug-likeness (QED) is 0.671. The molecule has 1 N–H and O–H groups in total. The molecule has 2 aromatic carbocycles. The number of nitrogens with zero attached hydrogens (tertiary/aromatic N) is 2. The average molecular weight is 335 g/mol. The summed E-state index contributed by atoms with van der Waals surface area (Å²) in [6, 6.07) is 16.3. The molecule has 0 saturated heterocycles. The zero-order valence-electron chi connectivity index (χ0n) is 13.5. The third-order valence-corrected chi connectivity index (χ3v) is 3.38. The number of carbonyl (C=O) groups is 1. The van der Waals surface area contributed by atoms with E-state index in [0.29, 0.717) is 29.6 Å². The minimum Gasteiger partial charge on any atom is -0.490 e. The number of hydrogen-bond donors (Lipinski definition) is 1. The second-order valence-corrected chi connectivity index (χ2v) is 5.18. The van der Waals surface area contributed by atoms with E-state index in [1.807, 2.05) is 30.3 Å². The Balaban J connectivity index is 1.57. The molecule has 0 radical (unpaired) electrons. The van der Waals surface area contributed by atoms with Crippen LogP contribution in [0.2, 0.25) is 0 Å². The number of rotatable bonds is 7. The number of ether oxygens (including phenoxy) is 1. The number of amides is 1. The lowest BCUT2D eigenvalue weighted by Gasteiger charge is -2.05. The molecule has 0 aliphatic heterocycles. The maximum Gasteiger partial charge on any atom is 0.251 e. The van der Waals surface area contributed by atoms with Gasteiger partial charge in [0.15, 0.2) is 0 Å². The van der Waals surface area contributed by atoms with Gasteiger partial charge in [-0.1, -0.05) is 48.1 Å². The second kappa shape index (κ2) is 7.92. The van der Waals surface area contributed by atoms with Crippen LogP contribution in [0.3, 0.4) is 0 Å². The van der Waals surface area contributed by atoms with Crippen LogP contribution in [-0.4, -0.2) is 22.7 Å². The van der Waals surface area contributed by atoms with Crippen LogP contribution in [0.5, 0.6) is 5.75 Å². The molecule has 0 aliphatic carbocycles. The molecule has 3 aromatic rings. The number of hydrogen-bond acceptors (Lipinski definition) is 5. The first-order valence-electron chi connectivity index (χ1n) is 7.76. The van der Waals surface area contributed by atoms with Crippen LogP contribution in [0.25, 0.3) is 11.4 Å². The van der Waals surface area contributed by atoms with Gasteiger partial charge in [0.2, 0.25) is 11.7 Å². The summed E-state index contributed by atoms with van der Waals surface area (Å²) in [5.41, 5.74) is 1.38. The van der Waals surface area contributed by atoms with Crippen LogP contribution >= 0.6 is 0 Å². The van der Waals surface area contributed by atoms with Crippen LogP contribution in [0.15, 0.2) is 71.8 Å². The molecule has 25 heavy (non-hydrogen) atoms. The summed E-state index contributed by atoms with van der Waals surface area (Å²) in [7, 11) is 0. The molecule has 6 heteroatoms. The Hall–Kier alpha value is -3.41. The fourth-order valence-corrected chi connectivity index (χ4v) is 2.15. The minimum absolute atomic E-state index is 0.160. The minimum atomic E-state index is -0.227. The topological polar surface area (TPSA) is 77.2 Å². The lowest BCUT2D eigenvalue weighted by molar-refractivity contribution is 0.0946. The van der Waals surface area contributed by atoms with Crippen molar-refractivity contribution in [3.63, 3.8) is 0 Å². The summed E-state index contributed by atoms with van der Waals surface area (Å²) in [4.78, 5) is 16.4. The molecule has 1 aromatic heterocycles. The lowest BCUT2D eigenvalue weighted by atomic mass is 10.2. The maximum absolute atomic E-state index is 12.2. The standard InChI is InChI=1S/C19H17N3O3/c1-2-12-24-16-10-8-15(9-11-16)19(23)20-13-17-21-18(22-25-17)14-6-4-3-5-7-14/h2-11H,1,12-13H2,(H,20,23). The first-order chi connectivity index (χ1) is 12.3. The van der Waals surface area contributed by atoms with Gasteiger partial charge in [-0.3, -0.25) is 4.79 Å². The highest BCUT2D eigenvalue weighted by molar-refractivity contribution is 5.94. The van der Waals surface area contributed by atoms with Crippen LogP contribution in [-0.2, 0) is 6.54 Å². The van der Waals surface area contributed by atoms with E-state index >= 15 is 0 Å². The van der Waals surface area contributed by atoms with Gasteiger partial charge < -0.3 is 14.6 Å². The molecule has 0 fully saturated rings. The Labute approximate surface area is 145 Å². The van der Waals surface area contributed by atoms with E-state index in [0.717, 1.165) is 5.56 Å². The van der Waals surface area contributed by atoms with Crippen molar-refractivity contribution in [2.75, 3.05) is 6.61 Å². The molecular weight excluding hydrogens is 318 g/mol. The van der Waals surface area contributed by atoms with Crippen LogP contribution in [0, 0.1) is 0 Å². The fraction of sp³-hybridized carbons (Fsp3) is 0.105. The van der Waals surface area contributed by atoms with Crippen molar-refractivity contribution in [1.29, 1.82) is 0 Å². The molecule has 0 aliphatic rings. The fourth-order valence-electron chi connectivity index (χ4n) is 2.15. The van der Waals surface area contributed by atoms with Gasteiger partial charge in [0.05, 0.1) is 6.54 Å². The largest absolute Gasteiger partial charge is 0.490 e. The van der Waals surface area contributed by atoms with Crippen molar-refractivity contribution in [3.8, 4) is 17.1 Å². The molecule has 0 atom stereocenters. The maximum atomic E-state index is 12.2. The summed E-state index contributed by atoms with van der Waals surface area (Å²) in [6.45, 7) is 4.17. The number of aromatic nitrogens is 2. The molecule has 6 nitrogen and oxygen atoms in total. The summed E-state index contributed by atoms with van der Waals surface area (Å²) < 4.78 is 10.5. The predicted molar refractivity (Wildman–Crippen MR) is 93.0 cm³/mol. The first kappa shape index (κ1) is 16.4. The van der Waals surface area contributed by atoms with Crippen molar-refractivity contribution in [1.82, 2.24) is 15.5 Å². The average Bonchev–Trinajstić information content (AvgIpc) is 3.14. The monoisotopic (exact) mass is 335 g/mol. The van der Waals surface area contributed by atoms with Crippen molar-refractivity contribution < 1.29 is 14.1 Å². The van der Waals surface area contributed by atoms with Crippen LogP contribution < -0.4 is 10.1 Å². The highest BCUT2D eigenvalue weighted by Crippen LogP contribution is 2.15. The Morgan fingerprint density at radius 3 is 2.64 bits per heavy atom. The van der Waals surface area contributed by atoms with Crippen molar-refractivity contribution >= 4 is 5.91 Å². The van der Waals surface area contributed by atoms with Gasteiger partial charge in [-0.2, -0.15) is 4.98 Å². The lowest BCUT2D eigenvalue weighted by Crippen LogP contribution is -2.22. The van der Waals surface area contributed by atoms with Crippen molar-refractivity contribution in [2.45, 2.75) is 6.54 Å². The molecule has 3 rings (SSSR count). The van der Waals surface area contributed by atoms with Crippen LogP contribution in [0.4, 0.5) is 0 Å². The number of benzene rings is 2. The van der Waals surface area contributed by atoms with E-state index in [1.165, 1.54) is 0 Å². The van der Waals surface area contributed by atoms with Crippen LogP contribution in [0.1, 0.15) is 16.2 Å². The van der Waals surface area contributed by atoms with E-state index in [-0.39, 0.29) is 12.5 Å². The summed E-state index contributed by atoms with van der Waals surface area (Å²) in [5.74, 6) is 1.29. The molecule has 1 heterocycles. The molecule has 0 unspecified atom stereocenters. The zero-order chi connectivity index (χ0) is 17.5. The van der Waals surface area contributed by atoms with E-state index in [9.17, 15) is 4.79 Å².